The van der Waals surface area contributed by atoms with E-state index >= 15 is 0 Å². The number of aromatic nitrogens is 4. The molecule has 3 heterocycles. The van der Waals surface area contributed by atoms with E-state index in [-0.39, 0.29) is 18.7 Å². The van der Waals surface area contributed by atoms with Crippen molar-refractivity contribution in [1.29, 1.82) is 0 Å². The summed E-state index contributed by atoms with van der Waals surface area (Å²) in [7, 11) is 1.62. The van der Waals surface area contributed by atoms with Crippen LogP contribution in [-0.2, 0) is 20.1 Å². The van der Waals surface area contributed by atoms with Gasteiger partial charge in [-0.05, 0) is 44.0 Å². The molecule has 0 bridgehead atoms. The summed E-state index contributed by atoms with van der Waals surface area (Å²) < 4.78 is 10.0. The van der Waals surface area contributed by atoms with Crippen LogP contribution in [0, 0.1) is 0 Å². The lowest BCUT2D eigenvalue weighted by molar-refractivity contribution is 0.277. The van der Waals surface area contributed by atoms with Gasteiger partial charge < -0.3 is 19.3 Å². The van der Waals surface area contributed by atoms with Crippen LogP contribution in [-0.4, -0.2) is 43.6 Å². The molecule has 0 saturated carbocycles. The molecule has 0 atom stereocenters. The third-order valence-electron chi connectivity index (χ3n) is 5.22. The minimum atomic E-state index is -0.418. The van der Waals surface area contributed by atoms with Gasteiger partial charge in [0.1, 0.15) is 5.75 Å². The first-order valence-corrected chi connectivity index (χ1v) is 9.88. The molecule has 2 aromatic heterocycles. The number of aryl methyl sites for hydroxylation is 2. The molecule has 0 saturated heterocycles. The number of aliphatic hydroxyl groups is 1. The van der Waals surface area contributed by atoms with Gasteiger partial charge >= 0.3 is 5.69 Å². The number of fused-ring (bicyclic) bond motifs is 3. The summed E-state index contributed by atoms with van der Waals surface area (Å²) in [5, 5.41) is 9.10. The van der Waals surface area contributed by atoms with Crippen LogP contribution in [0.2, 0.25) is 0 Å². The fourth-order valence-electron chi connectivity index (χ4n) is 3.82. The Labute approximate surface area is 167 Å². The molecule has 0 unspecified atom stereocenters. The fraction of sp³-hybridized carbons (Fsp3) is 0.450. The van der Waals surface area contributed by atoms with Crippen molar-refractivity contribution in [2.24, 2.45) is 7.05 Å². The van der Waals surface area contributed by atoms with Crippen molar-refractivity contribution in [3.05, 3.63) is 45.1 Å². The van der Waals surface area contributed by atoms with E-state index < -0.39 is 5.69 Å². The molecule has 1 N–H and O–H groups in total. The predicted octanol–water partition coefficient (Wildman–Crippen LogP) is 1.22. The predicted molar refractivity (Wildman–Crippen MR) is 110 cm³/mol. The van der Waals surface area contributed by atoms with Crippen LogP contribution in [0.15, 0.2) is 33.9 Å². The highest BCUT2D eigenvalue weighted by Gasteiger charge is 2.26. The molecule has 29 heavy (non-hydrogen) atoms. The van der Waals surface area contributed by atoms with Gasteiger partial charge in [-0.2, -0.15) is 4.98 Å². The first kappa shape index (κ1) is 19.3. The Bertz CT molecular complexity index is 1140. The summed E-state index contributed by atoms with van der Waals surface area (Å²) >= 11 is 0. The number of ether oxygens (including phenoxy) is 1. The maximum Gasteiger partial charge on any atom is 0.332 e. The van der Waals surface area contributed by atoms with E-state index in [4.69, 9.17) is 9.84 Å². The molecule has 0 aliphatic carbocycles. The molecule has 1 aliphatic rings. The van der Waals surface area contributed by atoms with Gasteiger partial charge in [-0.25, -0.2) is 4.79 Å². The number of aliphatic hydroxyl groups excluding tert-OH is 1. The molecule has 9 nitrogen and oxygen atoms in total. The molecule has 3 aromatic rings. The van der Waals surface area contributed by atoms with Crippen LogP contribution in [0.5, 0.6) is 5.75 Å². The van der Waals surface area contributed by atoms with Gasteiger partial charge in [0.25, 0.3) is 5.56 Å². The lowest BCUT2D eigenvalue weighted by atomic mass is 10.2. The molecule has 9 heteroatoms. The summed E-state index contributed by atoms with van der Waals surface area (Å²) in [5.74, 6) is 1.46. The second kappa shape index (κ2) is 7.75. The van der Waals surface area contributed by atoms with Crippen molar-refractivity contribution in [3.8, 4) is 5.75 Å². The van der Waals surface area contributed by atoms with Crippen molar-refractivity contribution in [1.82, 2.24) is 18.7 Å². The Morgan fingerprint density at radius 2 is 1.93 bits per heavy atom. The highest BCUT2D eigenvalue weighted by molar-refractivity contribution is 5.77. The van der Waals surface area contributed by atoms with Crippen molar-refractivity contribution in [2.45, 2.75) is 32.9 Å². The van der Waals surface area contributed by atoms with Gasteiger partial charge in [0.2, 0.25) is 5.95 Å². The summed E-state index contributed by atoms with van der Waals surface area (Å²) in [5.41, 5.74) is 0.988. The standard InChI is InChI=1S/C20H25N5O4/c1-3-29-15-8-6-14(7-9-15)23-10-4-11-24-16-17(21-19(23)24)22(2)20(28)25(18(16)27)12-5-13-26/h6-9,26H,3-5,10-13H2,1-2H3. The zero-order valence-corrected chi connectivity index (χ0v) is 16.7. The quantitative estimate of drug-likeness (QED) is 0.670. The lowest BCUT2D eigenvalue weighted by Gasteiger charge is -2.29. The second-order valence-electron chi connectivity index (χ2n) is 7.04. The maximum absolute atomic E-state index is 13.1. The Kier molecular flexibility index (Phi) is 5.14. The van der Waals surface area contributed by atoms with Crippen molar-refractivity contribution in [2.75, 3.05) is 24.7 Å². The van der Waals surface area contributed by atoms with Crippen molar-refractivity contribution >= 4 is 22.8 Å². The Balaban J connectivity index is 1.85. The average molecular weight is 399 g/mol. The molecule has 0 radical (unpaired) electrons. The molecule has 0 amide bonds. The summed E-state index contributed by atoms with van der Waals surface area (Å²) in [4.78, 5) is 32.4. The summed E-state index contributed by atoms with van der Waals surface area (Å²) in [6, 6.07) is 7.77. The SMILES string of the molecule is CCOc1ccc(N2CCCn3c2nc2c3c(=O)n(CCCO)c(=O)n2C)cc1. The molecule has 0 spiro atoms. The number of rotatable bonds is 6. The van der Waals surface area contributed by atoms with E-state index in [2.05, 4.69) is 9.88 Å². The molecular weight excluding hydrogens is 374 g/mol. The van der Waals surface area contributed by atoms with E-state index in [1.54, 1.807) is 7.05 Å². The van der Waals surface area contributed by atoms with Crippen LogP contribution in [0.1, 0.15) is 19.8 Å². The number of anilines is 2. The zero-order valence-electron chi connectivity index (χ0n) is 16.7. The third kappa shape index (κ3) is 3.21. The largest absolute Gasteiger partial charge is 0.494 e. The molecular formula is C20H25N5O4. The van der Waals surface area contributed by atoms with E-state index in [0.717, 1.165) is 24.4 Å². The van der Waals surface area contributed by atoms with Gasteiger partial charge in [0, 0.05) is 39.0 Å². The molecule has 4 rings (SSSR count). The van der Waals surface area contributed by atoms with E-state index in [1.165, 1.54) is 9.13 Å². The molecule has 0 fully saturated rings. The van der Waals surface area contributed by atoms with Crippen LogP contribution in [0.3, 0.4) is 0 Å². The van der Waals surface area contributed by atoms with Crippen molar-refractivity contribution < 1.29 is 9.84 Å². The van der Waals surface area contributed by atoms with E-state index in [0.29, 0.717) is 36.7 Å². The zero-order chi connectivity index (χ0) is 20.5. The van der Waals surface area contributed by atoms with Crippen LogP contribution < -0.4 is 20.9 Å². The number of hydrogen-bond donors (Lipinski definition) is 1. The van der Waals surface area contributed by atoms with Crippen molar-refractivity contribution in [3.63, 3.8) is 0 Å². The average Bonchev–Trinajstić information content (AvgIpc) is 3.13. The van der Waals surface area contributed by atoms with Gasteiger partial charge in [0.05, 0.1) is 6.61 Å². The van der Waals surface area contributed by atoms with E-state index in [9.17, 15) is 9.59 Å². The normalized spacial score (nSPS) is 13.7. The number of imidazole rings is 1. The fourth-order valence-corrected chi connectivity index (χ4v) is 3.82. The van der Waals surface area contributed by atoms with Crippen LogP contribution in [0.4, 0.5) is 11.6 Å². The van der Waals surface area contributed by atoms with Gasteiger partial charge in [-0.1, -0.05) is 0 Å². The minimum Gasteiger partial charge on any atom is -0.494 e. The molecule has 154 valence electrons. The number of nitrogens with zero attached hydrogens (tertiary/aromatic N) is 5. The molecule has 1 aliphatic heterocycles. The molecule has 1 aromatic carbocycles. The van der Waals surface area contributed by atoms with E-state index in [1.807, 2.05) is 35.8 Å². The first-order valence-electron chi connectivity index (χ1n) is 9.88. The Morgan fingerprint density at radius 1 is 1.17 bits per heavy atom. The topological polar surface area (TPSA) is 94.5 Å². The Morgan fingerprint density at radius 3 is 2.62 bits per heavy atom. The van der Waals surface area contributed by atoms with Gasteiger partial charge in [-0.3, -0.25) is 13.9 Å². The maximum atomic E-state index is 13.1. The number of hydrogen-bond acceptors (Lipinski definition) is 6. The smallest absolute Gasteiger partial charge is 0.332 e. The van der Waals surface area contributed by atoms with Crippen LogP contribution in [0.25, 0.3) is 11.2 Å². The monoisotopic (exact) mass is 399 g/mol. The highest BCUT2D eigenvalue weighted by Crippen LogP contribution is 2.31. The summed E-state index contributed by atoms with van der Waals surface area (Å²) in [6.45, 7) is 4.08. The third-order valence-corrected chi connectivity index (χ3v) is 5.22. The van der Waals surface area contributed by atoms with Gasteiger partial charge in [-0.15, -0.1) is 0 Å². The summed E-state index contributed by atoms with van der Waals surface area (Å²) in [6.07, 6.45) is 1.20. The van der Waals surface area contributed by atoms with Crippen LogP contribution >= 0.6 is 0 Å². The lowest BCUT2D eigenvalue weighted by Crippen LogP contribution is -2.40. The highest BCUT2D eigenvalue weighted by atomic mass is 16.5. The van der Waals surface area contributed by atoms with Gasteiger partial charge in [0.15, 0.2) is 11.2 Å². The minimum absolute atomic E-state index is 0.0797. The Hall–Kier alpha value is -3.07. The number of benzene rings is 1. The first-order chi connectivity index (χ1) is 14.1. The second-order valence-corrected chi connectivity index (χ2v) is 7.04.